The Bertz CT molecular complexity index is 576. The molecule has 0 radical (unpaired) electrons. The lowest BCUT2D eigenvalue weighted by Gasteiger charge is -2.08. The predicted molar refractivity (Wildman–Crippen MR) is 78.0 cm³/mol. The second-order valence-electron chi connectivity index (χ2n) is 4.28. The molecule has 0 spiro atoms. The molecule has 2 nitrogen and oxygen atoms in total. The molecule has 0 saturated heterocycles. The van der Waals surface area contributed by atoms with E-state index in [1.54, 1.807) is 0 Å². The Morgan fingerprint density at radius 2 is 1.72 bits per heavy atom. The van der Waals surface area contributed by atoms with Crippen LogP contribution in [0.4, 0.5) is 5.69 Å². The molecule has 0 aromatic heterocycles. The van der Waals surface area contributed by atoms with E-state index in [1.165, 1.54) is 5.56 Å². The second-order valence-corrected chi connectivity index (χ2v) is 5.20. The van der Waals surface area contributed by atoms with Crippen LogP contribution in [0.2, 0.25) is 0 Å². The van der Waals surface area contributed by atoms with E-state index in [2.05, 4.69) is 21.2 Å². The highest BCUT2D eigenvalue weighted by Crippen LogP contribution is 2.18. The number of aryl methyl sites for hydroxylation is 2. The maximum atomic E-state index is 12.1. The summed E-state index contributed by atoms with van der Waals surface area (Å²) in [6, 6.07) is 13.4. The summed E-state index contributed by atoms with van der Waals surface area (Å²) in [5.74, 6) is -0.0855. The maximum absolute atomic E-state index is 12.1. The average molecular weight is 304 g/mol. The van der Waals surface area contributed by atoms with Crippen molar-refractivity contribution in [1.29, 1.82) is 0 Å². The average Bonchev–Trinajstić information content (AvgIpc) is 2.35. The third-order valence-electron chi connectivity index (χ3n) is 2.75. The Morgan fingerprint density at radius 1 is 1.06 bits per heavy atom. The monoisotopic (exact) mass is 303 g/mol. The molecule has 18 heavy (non-hydrogen) atoms. The van der Waals surface area contributed by atoms with E-state index >= 15 is 0 Å². The Balaban J connectivity index is 2.21. The highest BCUT2D eigenvalue weighted by molar-refractivity contribution is 9.10. The number of hydrogen-bond donors (Lipinski definition) is 1. The number of anilines is 1. The Hall–Kier alpha value is -1.61. The van der Waals surface area contributed by atoms with Gasteiger partial charge in [-0.15, -0.1) is 0 Å². The van der Waals surface area contributed by atoms with Crippen LogP contribution in [0.15, 0.2) is 46.9 Å². The van der Waals surface area contributed by atoms with Gasteiger partial charge in [-0.2, -0.15) is 0 Å². The largest absolute Gasteiger partial charge is 0.322 e. The molecule has 2 aromatic rings. The summed E-state index contributed by atoms with van der Waals surface area (Å²) in [6.45, 7) is 3.94. The number of benzene rings is 2. The molecule has 2 aromatic carbocycles. The Labute approximate surface area is 115 Å². The van der Waals surface area contributed by atoms with Crippen LogP contribution in [0.25, 0.3) is 0 Å². The van der Waals surface area contributed by atoms with Crippen LogP contribution in [0, 0.1) is 13.8 Å². The molecule has 3 heteroatoms. The zero-order chi connectivity index (χ0) is 13.1. The minimum Gasteiger partial charge on any atom is -0.322 e. The molecule has 0 fully saturated rings. The molecule has 1 N–H and O–H groups in total. The van der Waals surface area contributed by atoms with Crippen molar-refractivity contribution in [2.75, 3.05) is 5.32 Å². The van der Waals surface area contributed by atoms with Crippen LogP contribution in [0.5, 0.6) is 0 Å². The van der Waals surface area contributed by atoms with Gasteiger partial charge < -0.3 is 5.32 Å². The SMILES string of the molecule is Cc1ccc(NC(=O)c2cc(Br)ccc2C)cc1. The standard InChI is InChI=1S/C15H14BrNO/c1-10-3-7-13(8-4-10)17-15(18)14-9-12(16)6-5-11(14)2/h3-9H,1-2H3,(H,17,18). The highest BCUT2D eigenvalue weighted by Gasteiger charge is 2.09. The van der Waals surface area contributed by atoms with Crippen molar-refractivity contribution >= 4 is 27.5 Å². The van der Waals surface area contributed by atoms with Crippen LogP contribution in [0.1, 0.15) is 21.5 Å². The molecule has 0 aliphatic carbocycles. The third kappa shape index (κ3) is 2.99. The fourth-order valence-corrected chi connectivity index (χ4v) is 2.04. The summed E-state index contributed by atoms with van der Waals surface area (Å²) < 4.78 is 0.905. The van der Waals surface area contributed by atoms with Gasteiger partial charge in [0.1, 0.15) is 0 Å². The van der Waals surface area contributed by atoms with E-state index in [0.29, 0.717) is 5.56 Å². The lowest BCUT2D eigenvalue weighted by atomic mass is 10.1. The molecule has 0 aliphatic heterocycles. The van der Waals surface area contributed by atoms with Gasteiger partial charge in [0, 0.05) is 15.7 Å². The molecule has 92 valence electrons. The van der Waals surface area contributed by atoms with Crippen molar-refractivity contribution in [2.45, 2.75) is 13.8 Å². The van der Waals surface area contributed by atoms with Crippen molar-refractivity contribution < 1.29 is 4.79 Å². The molecule has 0 aliphatic rings. The van der Waals surface area contributed by atoms with Gasteiger partial charge in [0.05, 0.1) is 0 Å². The van der Waals surface area contributed by atoms with E-state index < -0.39 is 0 Å². The molecule has 0 heterocycles. The molecule has 1 amide bonds. The summed E-state index contributed by atoms with van der Waals surface area (Å²) in [5, 5.41) is 2.89. The van der Waals surface area contributed by atoms with E-state index in [1.807, 2.05) is 56.3 Å². The number of amides is 1. The fourth-order valence-electron chi connectivity index (χ4n) is 1.67. The van der Waals surface area contributed by atoms with E-state index in [0.717, 1.165) is 15.7 Å². The van der Waals surface area contributed by atoms with Crippen LogP contribution >= 0.6 is 15.9 Å². The van der Waals surface area contributed by atoms with Crippen molar-refractivity contribution in [1.82, 2.24) is 0 Å². The first-order chi connectivity index (χ1) is 8.56. The van der Waals surface area contributed by atoms with Gasteiger partial charge in [0.25, 0.3) is 5.91 Å². The number of carbonyl (C=O) groups is 1. The first kappa shape index (κ1) is 12.8. The minimum absolute atomic E-state index is 0.0855. The fraction of sp³-hybridized carbons (Fsp3) is 0.133. The van der Waals surface area contributed by atoms with E-state index in [4.69, 9.17) is 0 Å². The third-order valence-corrected chi connectivity index (χ3v) is 3.25. The molecule has 0 bridgehead atoms. The molecule has 0 saturated carbocycles. The lowest BCUT2D eigenvalue weighted by molar-refractivity contribution is 0.102. The summed E-state index contributed by atoms with van der Waals surface area (Å²) in [7, 11) is 0. The topological polar surface area (TPSA) is 29.1 Å². The summed E-state index contributed by atoms with van der Waals surface area (Å²) in [6.07, 6.45) is 0. The van der Waals surface area contributed by atoms with Gasteiger partial charge in [-0.25, -0.2) is 0 Å². The van der Waals surface area contributed by atoms with Gasteiger partial charge in [-0.3, -0.25) is 4.79 Å². The quantitative estimate of drug-likeness (QED) is 0.879. The van der Waals surface area contributed by atoms with Gasteiger partial charge in [-0.1, -0.05) is 39.7 Å². The summed E-state index contributed by atoms with van der Waals surface area (Å²) in [5.41, 5.74) is 3.63. The smallest absolute Gasteiger partial charge is 0.255 e. The van der Waals surface area contributed by atoms with Crippen LogP contribution < -0.4 is 5.32 Å². The van der Waals surface area contributed by atoms with Gasteiger partial charge in [-0.05, 0) is 43.7 Å². The number of rotatable bonds is 2. The van der Waals surface area contributed by atoms with Gasteiger partial charge in [0.15, 0.2) is 0 Å². The van der Waals surface area contributed by atoms with E-state index in [-0.39, 0.29) is 5.91 Å². The van der Waals surface area contributed by atoms with Crippen LogP contribution in [-0.2, 0) is 0 Å². The van der Waals surface area contributed by atoms with Crippen molar-refractivity contribution in [3.05, 3.63) is 63.6 Å². The van der Waals surface area contributed by atoms with Crippen molar-refractivity contribution in [2.24, 2.45) is 0 Å². The molecule has 0 atom stereocenters. The zero-order valence-electron chi connectivity index (χ0n) is 10.3. The lowest BCUT2D eigenvalue weighted by Crippen LogP contribution is -2.13. The van der Waals surface area contributed by atoms with Crippen molar-refractivity contribution in [3.63, 3.8) is 0 Å². The van der Waals surface area contributed by atoms with Crippen LogP contribution in [0.3, 0.4) is 0 Å². The number of halogens is 1. The molecular weight excluding hydrogens is 290 g/mol. The van der Waals surface area contributed by atoms with Gasteiger partial charge in [0.2, 0.25) is 0 Å². The number of carbonyl (C=O) groups excluding carboxylic acids is 1. The van der Waals surface area contributed by atoms with Gasteiger partial charge >= 0.3 is 0 Å². The highest BCUT2D eigenvalue weighted by atomic mass is 79.9. The van der Waals surface area contributed by atoms with Crippen LogP contribution in [-0.4, -0.2) is 5.91 Å². The molecular formula is C15H14BrNO. The zero-order valence-corrected chi connectivity index (χ0v) is 11.9. The number of hydrogen-bond acceptors (Lipinski definition) is 1. The second kappa shape index (κ2) is 5.36. The normalized spacial score (nSPS) is 10.2. The van der Waals surface area contributed by atoms with Crippen molar-refractivity contribution in [3.8, 4) is 0 Å². The summed E-state index contributed by atoms with van der Waals surface area (Å²) in [4.78, 5) is 12.1. The molecule has 2 rings (SSSR count). The predicted octanol–water partition coefficient (Wildman–Crippen LogP) is 4.32. The first-order valence-electron chi connectivity index (χ1n) is 5.70. The molecule has 0 unspecified atom stereocenters. The van der Waals surface area contributed by atoms with E-state index in [9.17, 15) is 4.79 Å². The minimum atomic E-state index is -0.0855. The summed E-state index contributed by atoms with van der Waals surface area (Å²) >= 11 is 3.38. The Morgan fingerprint density at radius 3 is 2.39 bits per heavy atom. The number of nitrogens with one attached hydrogen (secondary N) is 1. The first-order valence-corrected chi connectivity index (χ1v) is 6.50. The Kier molecular flexibility index (Phi) is 3.82. The maximum Gasteiger partial charge on any atom is 0.255 e.